The Balaban J connectivity index is 2.04. The lowest BCUT2D eigenvalue weighted by molar-refractivity contribution is 0.588. The molecule has 0 saturated carbocycles. The van der Waals surface area contributed by atoms with Crippen molar-refractivity contribution in [2.24, 2.45) is 0 Å². The molecule has 3 aromatic rings. The number of hydrogen-bond acceptors (Lipinski definition) is 4. The summed E-state index contributed by atoms with van der Waals surface area (Å²) in [6.07, 6.45) is 0. The van der Waals surface area contributed by atoms with Crippen LogP contribution in [0.3, 0.4) is 0 Å². The molecule has 0 unspecified atom stereocenters. The van der Waals surface area contributed by atoms with Gasteiger partial charge in [-0.05, 0) is 20.3 Å². The van der Waals surface area contributed by atoms with E-state index < -0.39 is 7.14 Å². The summed E-state index contributed by atoms with van der Waals surface area (Å²) in [5.74, 6) is 1.97. The van der Waals surface area contributed by atoms with E-state index in [1.807, 2.05) is 61.5 Å². The van der Waals surface area contributed by atoms with Gasteiger partial charge in [-0.25, -0.2) is 15.0 Å². The fourth-order valence-corrected chi connectivity index (χ4v) is 3.16. The number of hydrogen-bond donors (Lipinski definition) is 0. The molecule has 0 saturated heterocycles. The molecule has 0 spiro atoms. The molecule has 116 valence electrons. The second-order valence-electron chi connectivity index (χ2n) is 5.79. The molecule has 4 nitrogen and oxygen atoms in total. The molecule has 1 heterocycles. The van der Waals surface area contributed by atoms with Gasteiger partial charge in [0, 0.05) is 16.4 Å². The second kappa shape index (κ2) is 6.05. The first-order valence-electron chi connectivity index (χ1n) is 7.37. The maximum atomic E-state index is 12.1. The summed E-state index contributed by atoms with van der Waals surface area (Å²) in [6.45, 7) is 5.39. The number of aromatic nitrogens is 3. The van der Waals surface area contributed by atoms with Gasteiger partial charge in [-0.3, -0.25) is 0 Å². The molecule has 0 aliphatic rings. The molecule has 0 aliphatic carbocycles. The van der Waals surface area contributed by atoms with Crippen molar-refractivity contribution < 1.29 is 4.57 Å². The molecule has 0 radical (unpaired) electrons. The summed E-state index contributed by atoms with van der Waals surface area (Å²) in [7, 11) is -2.25. The third-order valence-electron chi connectivity index (χ3n) is 3.53. The first-order valence-corrected chi connectivity index (χ1v) is 9.98. The molecule has 0 amide bonds. The molecule has 5 heteroatoms. The predicted molar refractivity (Wildman–Crippen MR) is 94.5 cm³/mol. The first-order chi connectivity index (χ1) is 10.9. The quantitative estimate of drug-likeness (QED) is 0.689. The predicted octanol–water partition coefficient (Wildman–Crippen LogP) is 3.76. The van der Waals surface area contributed by atoms with Crippen molar-refractivity contribution in [1.82, 2.24) is 15.0 Å². The van der Waals surface area contributed by atoms with Crippen LogP contribution in [0.4, 0.5) is 0 Å². The largest absolute Gasteiger partial charge is 0.319 e. The van der Waals surface area contributed by atoms with Crippen LogP contribution in [0, 0.1) is 6.92 Å². The first kappa shape index (κ1) is 15.6. The Bertz CT molecular complexity index is 871. The minimum atomic E-state index is -2.25. The van der Waals surface area contributed by atoms with Gasteiger partial charge in [0.15, 0.2) is 11.6 Å². The molecule has 1 aromatic heterocycles. The van der Waals surface area contributed by atoms with Crippen LogP contribution in [-0.2, 0) is 4.57 Å². The van der Waals surface area contributed by atoms with Crippen LogP contribution in [-0.4, -0.2) is 28.3 Å². The summed E-state index contributed by atoms with van der Waals surface area (Å²) in [5, 5.41) is 0.857. The zero-order valence-corrected chi connectivity index (χ0v) is 14.3. The molecular formula is C18H18N3OP. The third-order valence-corrected chi connectivity index (χ3v) is 5.07. The monoisotopic (exact) mass is 323 g/mol. The van der Waals surface area contributed by atoms with Gasteiger partial charge >= 0.3 is 0 Å². The Morgan fingerprint density at radius 3 is 1.78 bits per heavy atom. The van der Waals surface area contributed by atoms with Gasteiger partial charge in [-0.1, -0.05) is 54.6 Å². The van der Waals surface area contributed by atoms with E-state index in [0.29, 0.717) is 17.5 Å². The SMILES string of the molecule is Cc1nc(-c2ccccc2)nc(-c2ccc(P(C)(C)=O)cc2)n1. The summed E-state index contributed by atoms with van der Waals surface area (Å²) in [5.41, 5.74) is 1.85. The standard InChI is InChI=1S/C18H18N3OP/c1-13-19-17(14-7-5-4-6-8-14)21-18(20-13)15-9-11-16(12-10-15)23(2,3)22/h4-12H,1-3H3. The van der Waals surface area contributed by atoms with Gasteiger partial charge in [0.05, 0.1) is 0 Å². The number of aryl methyl sites for hydroxylation is 1. The van der Waals surface area contributed by atoms with E-state index in [2.05, 4.69) is 15.0 Å². The molecule has 0 aliphatic heterocycles. The Labute approximate surface area is 136 Å². The van der Waals surface area contributed by atoms with Crippen molar-refractivity contribution in [3.8, 4) is 22.8 Å². The lowest BCUT2D eigenvalue weighted by Crippen LogP contribution is -2.03. The van der Waals surface area contributed by atoms with Crippen LogP contribution in [0.5, 0.6) is 0 Å². The Kier molecular flexibility index (Phi) is 4.10. The van der Waals surface area contributed by atoms with Gasteiger partial charge in [0.25, 0.3) is 0 Å². The van der Waals surface area contributed by atoms with Crippen molar-refractivity contribution in [3.63, 3.8) is 0 Å². The highest BCUT2D eigenvalue weighted by molar-refractivity contribution is 7.70. The van der Waals surface area contributed by atoms with E-state index in [1.165, 1.54) is 0 Å². The molecule has 0 N–H and O–H groups in total. The molecule has 0 bridgehead atoms. The normalized spacial score (nSPS) is 11.4. The molecule has 23 heavy (non-hydrogen) atoms. The van der Waals surface area contributed by atoms with Crippen molar-refractivity contribution in [1.29, 1.82) is 0 Å². The zero-order valence-electron chi connectivity index (χ0n) is 13.4. The van der Waals surface area contributed by atoms with E-state index in [0.717, 1.165) is 16.4 Å². The highest BCUT2D eigenvalue weighted by Gasteiger charge is 2.12. The van der Waals surface area contributed by atoms with Gasteiger partial charge in [0.2, 0.25) is 0 Å². The average molecular weight is 323 g/mol. The average Bonchev–Trinajstić information content (AvgIpc) is 2.54. The maximum absolute atomic E-state index is 12.1. The topological polar surface area (TPSA) is 55.7 Å². The fraction of sp³-hybridized carbons (Fsp3) is 0.167. The molecule has 0 atom stereocenters. The van der Waals surface area contributed by atoms with E-state index in [4.69, 9.17) is 0 Å². The lowest BCUT2D eigenvalue weighted by atomic mass is 10.2. The minimum absolute atomic E-state index is 0.630. The van der Waals surface area contributed by atoms with Gasteiger partial charge in [0.1, 0.15) is 13.0 Å². The third kappa shape index (κ3) is 3.54. The lowest BCUT2D eigenvalue weighted by Gasteiger charge is -2.09. The summed E-state index contributed by atoms with van der Waals surface area (Å²) in [4.78, 5) is 13.4. The smallest absolute Gasteiger partial charge is 0.163 e. The van der Waals surface area contributed by atoms with Gasteiger partial charge < -0.3 is 4.57 Å². The Hall–Kier alpha value is -2.32. The molecule has 3 rings (SSSR count). The van der Waals surface area contributed by atoms with E-state index in [-0.39, 0.29) is 0 Å². The van der Waals surface area contributed by atoms with Crippen LogP contribution >= 0.6 is 7.14 Å². The highest BCUT2D eigenvalue weighted by Crippen LogP contribution is 2.34. The van der Waals surface area contributed by atoms with Crippen molar-refractivity contribution in [2.75, 3.05) is 13.3 Å². The second-order valence-corrected chi connectivity index (χ2v) is 9.01. The van der Waals surface area contributed by atoms with Crippen LogP contribution in [0.2, 0.25) is 0 Å². The van der Waals surface area contributed by atoms with Crippen molar-refractivity contribution in [2.45, 2.75) is 6.92 Å². The number of benzene rings is 2. The van der Waals surface area contributed by atoms with Crippen molar-refractivity contribution in [3.05, 3.63) is 60.4 Å². The fourth-order valence-electron chi connectivity index (χ4n) is 2.30. The molecule has 2 aromatic carbocycles. The van der Waals surface area contributed by atoms with Crippen LogP contribution in [0.1, 0.15) is 5.82 Å². The van der Waals surface area contributed by atoms with E-state index >= 15 is 0 Å². The van der Waals surface area contributed by atoms with Crippen LogP contribution in [0.25, 0.3) is 22.8 Å². The van der Waals surface area contributed by atoms with Crippen molar-refractivity contribution >= 4 is 12.4 Å². The minimum Gasteiger partial charge on any atom is -0.319 e. The van der Waals surface area contributed by atoms with Crippen LogP contribution in [0.15, 0.2) is 54.6 Å². The van der Waals surface area contributed by atoms with Crippen LogP contribution < -0.4 is 5.30 Å². The maximum Gasteiger partial charge on any atom is 0.163 e. The molecular weight excluding hydrogens is 305 g/mol. The number of nitrogens with zero attached hydrogens (tertiary/aromatic N) is 3. The number of rotatable bonds is 3. The van der Waals surface area contributed by atoms with E-state index in [1.54, 1.807) is 13.3 Å². The summed E-state index contributed by atoms with van der Waals surface area (Å²) < 4.78 is 12.1. The highest BCUT2D eigenvalue weighted by atomic mass is 31.2. The summed E-state index contributed by atoms with van der Waals surface area (Å²) in [6, 6.07) is 17.4. The Morgan fingerprint density at radius 2 is 1.26 bits per heavy atom. The van der Waals surface area contributed by atoms with Gasteiger partial charge in [-0.15, -0.1) is 0 Å². The Morgan fingerprint density at radius 1 is 0.739 bits per heavy atom. The van der Waals surface area contributed by atoms with E-state index in [9.17, 15) is 4.57 Å². The summed E-state index contributed by atoms with van der Waals surface area (Å²) >= 11 is 0. The zero-order chi connectivity index (χ0) is 16.4. The van der Waals surface area contributed by atoms with Gasteiger partial charge in [-0.2, -0.15) is 0 Å². The molecule has 0 fully saturated rings.